The highest BCUT2D eigenvalue weighted by Crippen LogP contribution is 2.23. The molecule has 1 unspecified atom stereocenters. The minimum atomic E-state index is -0.560. The molecule has 0 amide bonds. The third kappa shape index (κ3) is 2.02. The Balaban J connectivity index is 1.90. The van der Waals surface area contributed by atoms with Gasteiger partial charge in [-0.05, 0) is 19.1 Å². The van der Waals surface area contributed by atoms with E-state index < -0.39 is 6.10 Å². The number of hydrogen-bond donors (Lipinski definition) is 1. The van der Waals surface area contributed by atoms with Crippen molar-refractivity contribution in [3.05, 3.63) is 52.2 Å². The Morgan fingerprint density at radius 3 is 3.11 bits per heavy atom. The maximum absolute atomic E-state index is 10.3. The van der Waals surface area contributed by atoms with Crippen LogP contribution in [0.15, 0.2) is 36.0 Å². The number of fused-ring (bicyclic) bond motifs is 1. The van der Waals surface area contributed by atoms with E-state index in [4.69, 9.17) is 0 Å². The van der Waals surface area contributed by atoms with Gasteiger partial charge in [-0.2, -0.15) is 5.10 Å². The van der Waals surface area contributed by atoms with Crippen LogP contribution in [-0.2, 0) is 6.42 Å². The van der Waals surface area contributed by atoms with Crippen molar-refractivity contribution in [3.8, 4) is 0 Å². The molecule has 4 nitrogen and oxygen atoms in total. The molecule has 0 aromatic carbocycles. The second kappa shape index (κ2) is 4.51. The summed E-state index contributed by atoms with van der Waals surface area (Å²) in [5.41, 5.74) is 2.80. The van der Waals surface area contributed by atoms with Crippen LogP contribution in [0.25, 0.3) is 5.52 Å². The molecule has 0 radical (unpaired) electrons. The monoisotopic (exact) mass is 259 g/mol. The minimum Gasteiger partial charge on any atom is -0.388 e. The Hall–Kier alpha value is -1.72. The molecule has 1 atom stereocenters. The number of aromatic nitrogens is 3. The highest BCUT2D eigenvalue weighted by Gasteiger charge is 2.15. The van der Waals surface area contributed by atoms with Crippen molar-refractivity contribution in [2.24, 2.45) is 0 Å². The van der Waals surface area contributed by atoms with Crippen molar-refractivity contribution in [2.45, 2.75) is 19.4 Å². The summed E-state index contributed by atoms with van der Waals surface area (Å²) in [6, 6.07) is 5.82. The topological polar surface area (TPSA) is 50.4 Å². The van der Waals surface area contributed by atoms with Gasteiger partial charge in [-0.25, -0.2) is 9.50 Å². The molecule has 0 bridgehead atoms. The molecule has 3 rings (SSSR count). The average molecular weight is 259 g/mol. The van der Waals surface area contributed by atoms with Gasteiger partial charge in [-0.1, -0.05) is 6.07 Å². The Bertz CT molecular complexity index is 673. The molecule has 0 spiro atoms. The van der Waals surface area contributed by atoms with E-state index in [1.165, 1.54) is 0 Å². The first kappa shape index (κ1) is 11.4. The summed E-state index contributed by atoms with van der Waals surface area (Å²) in [4.78, 5) is 4.37. The van der Waals surface area contributed by atoms with Gasteiger partial charge in [0.25, 0.3) is 0 Å². The normalized spacial score (nSPS) is 13.0. The molecule has 0 fully saturated rings. The van der Waals surface area contributed by atoms with E-state index >= 15 is 0 Å². The lowest BCUT2D eigenvalue weighted by atomic mass is 10.1. The number of thiazole rings is 1. The SMILES string of the molecule is Cc1csc(CC(O)c2cnn3ccccc23)n1. The van der Waals surface area contributed by atoms with Gasteiger partial charge in [0.05, 0.1) is 22.8 Å². The largest absolute Gasteiger partial charge is 0.388 e. The maximum atomic E-state index is 10.3. The molecule has 3 aromatic heterocycles. The smallest absolute Gasteiger partial charge is 0.0957 e. The number of hydrogen-bond acceptors (Lipinski definition) is 4. The van der Waals surface area contributed by atoms with Crippen LogP contribution in [0.5, 0.6) is 0 Å². The number of aliphatic hydroxyl groups excluding tert-OH is 1. The molecular weight excluding hydrogens is 246 g/mol. The summed E-state index contributed by atoms with van der Waals surface area (Å²) in [6.45, 7) is 1.96. The number of pyridine rings is 1. The van der Waals surface area contributed by atoms with Crippen LogP contribution in [-0.4, -0.2) is 19.7 Å². The average Bonchev–Trinajstić information content (AvgIpc) is 2.95. The summed E-state index contributed by atoms with van der Waals surface area (Å²) >= 11 is 1.58. The Morgan fingerprint density at radius 1 is 1.44 bits per heavy atom. The van der Waals surface area contributed by atoms with Gasteiger partial charge in [0.1, 0.15) is 0 Å². The third-order valence-electron chi connectivity index (χ3n) is 2.85. The molecule has 92 valence electrons. The Morgan fingerprint density at radius 2 is 2.33 bits per heavy atom. The van der Waals surface area contributed by atoms with Crippen molar-refractivity contribution in [1.82, 2.24) is 14.6 Å². The predicted molar refractivity (Wildman–Crippen MR) is 70.7 cm³/mol. The third-order valence-corrected chi connectivity index (χ3v) is 3.84. The maximum Gasteiger partial charge on any atom is 0.0957 e. The summed E-state index contributed by atoms with van der Waals surface area (Å²) in [5, 5.41) is 17.5. The lowest BCUT2D eigenvalue weighted by molar-refractivity contribution is 0.180. The lowest BCUT2D eigenvalue weighted by Crippen LogP contribution is -2.01. The van der Waals surface area contributed by atoms with Crippen LogP contribution < -0.4 is 0 Å². The van der Waals surface area contributed by atoms with Gasteiger partial charge < -0.3 is 5.11 Å². The predicted octanol–water partition coefficient (Wildman–Crippen LogP) is 2.38. The molecule has 3 heterocycles. The zero-order chi connectivity index (χ0) is 12.5. The second-order valence-corrected chi connectivity index (χ2v) is 5.18. The number of aryl methyl sites for hydroxylation is 1. The number of aliphatic hydroxyl groups is 1. The molecule has 0 aliphatic carbocycles. The van der Waals surface area contributed by atoms with E-state index in [0.29, 0.717) is 6.42 Å². The molecule has 0 saturated heterocycles. The summed E-state index contributed by atoms with van der Waals surface area (Å²) in [5.74, 6) is 0. The van der Waals surface area contributed by atoms with Crippen LogP contribution in [0.2, 0.25) is 0 Å². The Labute approximate surface area is 109 Å². The second-order valence-electron chi connectivity index (χ2n) is 4.23. The van der Waals surface area contributed by atoms with Crippen molar-refractivity contribution >= 4 is 16.9 Å². The molecule has 3 aromatic rings. The van der Waals surface area contributed by atoms with Gasteiger partial charge in [-0.15, -0.1) is 11.3 Å². The molecule has 5 heteroatoms. The standard InChI is InChI=1S/C13H13N3OS/c1-9-8-18-13(15-9)6-12(17)10-7-14-16-5-3-2-4-11(10)16/h2-5,7-8,12,17H,6H2,1H3. The fourth-order valence-corrected chi connectivity index (χ4v) is 2.79. The minimum absolute atomic E-state index is 0.536. The van der Waals surface area contributed by atoms with Crippen LogP contribution in [0.1, 0.15) is 22.4 Å². The molecule has 0 aliphatic heterocycles. The highest BCUT2D eigenvalue weighted by atomic mass is 32.1. The lowest BCUT2D eigenvalue weighted by Gasteiger charge is -2.06. The van der Waals surface area contributed by atoms with Gasteiger partial charge >= 0.3 is 0 Å². The molecular formula is C13H13N3OS. The van der Waals surface area contributed by atoms with Crippen LogP contribution in [0.4, 0.5) is 0 Å². The Kier molecular flexibility index (Phi) is 2.85. The van der Waals surface area contributed by atoms with Gasteiger partial charge in [0.15, 0.2) is 0 Å². The van der Waals surface area contributed by atoms with E-state index in [1.807, 2.05) is 36.7 Å². The van der Waals surface area contributed by atoms with E-state index in [2.05, 4.69) is 10.1 Å². The zero-order valence-electron chi connectivity index (χ0n) is 9.95. The van der Waals surface area contributed by atoms with Crippen LogP contribution in [0, 0.1) is 6.92 Å². The quantitative estimate of drug-likeness (QED) is 0.785. The van der Waals surface area contributed by atoms with Crippen molar-refractivity contribution in [2.75, 3.05) is 0 Å². The fourth-order valence-electron chi connectivity index (χ4n) is 1.98. The summed E-state index contributed by atoms with van der Waals surface area (Å²) in [7, 11) is 0. The fraction of sp³-hybridized carbons (Fsp3) is 0.231. The van der Waals surface area contributed by atoms with Crippen molar-refractivity contribution in [1.29, 1.82) is 0 Å². The van der Waals surface area contributed by atoms with E-state index in [9.17, 15) is 5.11 Å². The molecule has 18 heavy (non-hydrogen) atoms. The number of nitrogens with zero attached hydrogens (tertiary/aromatic N) is 3. The summed E-state index contributed by atoms with van der Waals surface area (Å²) < 4.78 is 1.77. The van der Waals surface area contributed by atoms with Gasteiger partial charge in [-0.3, -0.25) is 0 Å². The van der Waals surface area contributed by atoms with Crippen LogP contribution in [0.3, 0.4) is 0 Å². The van der Waals surface area contributed by atoms with Crippen molar-refractivity contribution in [3.63, 3.8) is 0 Å². The van der Waals surface area contributed by atoms with E-state index in [-0.39, 0.29) is 0 Å². The first-order valence-electron chi connectivity index (χ1n) is 5.75. The zero-order valence-corrected chi connectivity index (χ0v) is 10.8. The summed E-state index contributed by atoms with van der Waals surface area (Å²) in [6.07, 6.45) is 3.57. The first-order chi connectivity index (χ1) is 8.74. The first-order valence-corrected chi connectivity index (χ1v) is 6.63. The molecule has 0 aliphatic rings. The molecule has 1 N–H and O–H groups in total. The highest BCUT2D eigenvalue weighted by molar-refractivity contribution is 7.09. The number of rotatable bonds is 3. The van der Waals surface area contributed by atoms with Gasteiger partial charge in [0, 0.05) is 29.3 Å². The van der Waals surface area contributed by atoms with Crippen LogP contribution >= 0.6 is 11.3 Å². The van der Waals surface area contributed by atoms with Gasteiger partial charge in [0.2, 0.25) is 0 Å². The molecule has 0 saturated carbocycles. The van der Waals surface area contributed by atoms with Crippen molar-refractivity contribution < 1.29 is 5.11 Å². The van der Waals surface area contributed by atoms with E-state index in [0.717, 1.165) is 21.8 Å². The van der Waals surface area contributed by atoms with E-state index in [1.54, 1.807) is 22.0 Å².